The lowest BCUT2D eigenvalue weighted by Crippen LogP contribution is -2.35. The Morgan fingerprint density at radius 3 is 2.59 bits per heavy atom. The molecule has 0 amide bonds. The summed E-state index contributed by atoms with van der Waals surface area (Å²) in [5.74, 6) is -0.687. The third kappa shape index (κ3) is 10.3. The second-order valence-electron chi connectivity index (χ2n) is 4.69. The van der Waals surface area contributed by atoms with Gasteiger partial charge in [-0.2, -0.15) is 0 Å². The first-order valence-electron chi connectivity index (χ1n) is 6.70. The largest absolute Gasteiger partial charge is 0.481 e. The fourth-order valence-electron chi connectivity index (χ4n) is 1.62. The summed E-state index contributed by atoms with van der Waals surface area (Å²) >= 11 is 0. The molecule has 0 aromatic heterocycles. The smallest absolute Gasteiger partial charge is 0.303 e. The highest BCUT2D eigenvalue weighted by Gasteiger charge is 2.04. The van der Waals surface area contributed by atoms with Gasteiger partial charge >= 0.3 is 5.97 Å². The van der Waals surface area contributed by atoms with Gasteiger partial charge in [0.05, 0.1) is 0 Å². The number of unbranched alkanes of at least 4 members (excludes halogenated alkanes) is 2. The van der Waals surface area contributed by atoms with E-state index >= 15 is 0 Å². The van der Waals surface area contributed by atoms with Gasteiger partial charge in [-0.25, -0.2) is 0 Å². The Balaban J connectivity index is 3.21. The zero-order valence-electron chi connectivity index (χ0n) is 11.5. The van der Waals surface area contributed by atoms with Crippen molar-refractivity contribution in [1.82, 2.24) is 10.2 Å². The fourth-order valence-corrected chi connectivity index (χ4v) is 1.62. The maximum Gasteiger partial charge on any atom is 0.303 e. The minimum atomic E-state index is -0.687. The molecule has 0 aromatic rings. The quantitative estimate of drug-likeness (QED) is 0.545. The molecule has 0 aliphatic heterocycles. The molecule has 0 aromatic carbocycles. The summed E-state index contributed by atoms with van der Waals surface area (Å²) in [5, 5.41) is 11.9. The predicted molar refractivity (Wildman–Crippen MR) is 71.4 cm³/mol. The first kappa shape index (κ1) is 16.4. The molecule has 0 saturated heterocycles. The molecule has 0 rings (SSSR count). The van der Waals surface area contributed by atoms with Gasteiger partial charge in [0.1, 0.15) is 0 Å². The first-order chi connectivity index (χ1) is 8.07. The van der Waals surface area contributed by atoms with Crippen molar-refractivity contribution in [2.45, 2.75) is 52.0 Å². The van der Waals surface area contributed by atoms with Crippen LogP contribution in [0.4, 0.5) is 0 Å². The summed E-state index contributed by atoms with van der Waals surface area (Å²) in [4.78, 5) is 12.6. The minimum Gasteiger partial charge on any atom is -0.481 e. The number of carboxylic acids is 1. The standard InChI is InChI=1S/C13H28N2O2/c1-4-12(2)15(3)11-10-14-9-7-5-6-8-13(16)17/h12,14H,4-11H2,1-3H3,(H,16,17). The van der Waals surface area contributed by atoms with Crippen LogP contribution < -0.4 is 5.32 Å². The molecular formula is C13H28N2O2. The highest BCUT2D eigenvalue weighted by atomic mass is 16.4. The van der Waals surface area contributed by atoms with Gasteiger partial charge in [-0.1, -0.05) is 13.3 Å². The molecule has 0 aliphatic rings. The zero-order chi connectivity index (χ0) is 13.1. The summed E-state index contributed by atoms with van der Waals surface area (Å²) in [6, 6.07) is 0.646. The van der Waals surface area contributed by atoms with E-state index in [-0.39, 0.29) is 0 Å². The van der Waals surface area contributed by atoms with Crippen molar-refractivity contribution in [1.29, 1.82) is 0 Å². The lowest BCUT2D eigenvalue weighted by atomic mass is 10.2. The molecule has 0 heterocycles. The van der Waals surface area contributed by atoms with Gasteiger partial charge < -0.3 is 15.3 Å². The second kappa shape index (κ2) is 10.5. The number of carbonyl (C=O) groups is 1. The van der Waals surface area contributed by atoms with E-state index in [4.69, 9.17) is 5.11 Å². The molecule has 102 valence electrons. The summed E-state index contributed by atoms with van der Waals surface area (Å²) in [5.41, 5.74) is 0. The lowest BCUT2D eigenvalue weighted by Gasteiger charge is -2.23. The van der Waals surface area contributed by atoms with Crippen molar-refractivity contribution < 1.29 is 9.90 Å². The van der Waals surface area contributed by atoms with Crippen LogP contribution in [-0.4, -0.2) is 48.7 Å². The Kier molecular flexibility index (Phi) is 10.2. The maximum atomic E-state index is 10.3. The molecule has 0 aliphatic carbocycles. The van der Waals surface area contributed by atoms with E-state index < -0.39 is 5.97 Å². The van der Waals surface area contributed by atoms with Crippen LogP contribution in [0.15, 0.2) is 0 Å². The monoisotopic (exact) mass is 244 g/mol. The van der Waals surface area contributed by atoms with Crippen LogP contribution in [0.5, 0.6) is 0 Å². The van der Waals surface area contributed by atoms with Crippen molar-refractivity contribution in [2.24, 2.45) is 0 Å². The average Bonchev–Trinajstić information content (AvgIpc) is 2.30. The van der Waals surface area contributed by atoms with E-state index in [1.54, 1.807) is 0 Å². The molecule has 17 heavy (non-hydrogen) atoms. The van der Waals surface area contributed by atoms with E-state index in [0.717, 1.165) is 38.9 Å². The molecule has 2 N–H and O–H groups in total. The van der Waals surface area contributed by atoms with E-state index in [9.17, 15) is 4.79 Å². The van der Waals surface area contributed by atoms with Crippen LogP contribution in [0.25, 0.3) is 0 Å². The SMILES string of the molecule is CCC(C)N(C)CCNCCCCCC(=O)O. The highest BCUT2D eigenvalue weighted by Crippen LogP contribution is 1.99. The normalized spacial score (nSPS) is 12.9. The van der Waals surface area contributed by atoms with Crippen LogP contribution in [0.1, 0.15) is 46.0 Å². The third-order valence-electron chi connectivity index (χ3n) is 3.23. The number of hydrogen-bond donors (Lipinski definition) is 2. The topological polar surface area (TPSA) is 52.6 Å². The van der Waals surface area contributed by atoms with Gasteiger partial charge in [0.2, 0.25) is 0 Å². The molecule has 4 heteroatoms. The van der Waals surface area contributed by atoms with Gasteiger partial charge in [-0.05, 0) is 39.8 Å². The Hall–Kier alpha value is -0.610. The van der Waals surface area contributed by atoms with Gasteiger partial charge in [-0.15, -0.1) is 0 Å². The van der Waals surface area contributed by atoms with Gasteiger partial charge in [0.25, 0.3) is 0 Å². The number of likely N-dealkylation sites (N-methyl/N-ethyl adjacent to an activating group) is 1. The van der Waals surface area contributed by atoms with Crippen LogP contribution in [-0.2, 0) is 4.79 Å². The number of nitrogens with zero attached hydrogens (tertiary/aromatic N) is 1. The minimum absolute atomic E-state index is 0.302. The zero-order valence-corrected chi connectivity index (χ0v) is 11.5. The van der Waals surface area contributed by atoms with Gasteiger partial charge in [0.15, 0.2) is 0 Å². The lowest BCUT2D eigenvalue weighted by molar-refractivity contribution is -0.137. The second-order valence-corrected chi connectivity index (χ2v) is 4.69. The Labute approximate surface area is 105 Å². The van der Waals surface area contributed by atoms with Crippen LogP contribution in [0, 0.1) is 0 Å². The maximum absolute atomic E-state index is 10.3. The molecule has 0 fully saturated rings. The number of carboxylic acid groups (broad SMARTS) is 1. The summed E-state index contributed by atoms with van der Waals surface area (Å²) in [6.45, 7) is 7.53. The summed E-state index contributed by atoms with van der Waals surface area (Å²) in [7, 11) is 2.16. The molecule has 1 unspecified atom stereocenters. The van der Waals surface area contributed by atoms with Crippen LogP contribution in [0.3, 0.4) is 0 Å². The Morgan fingerprint density at radius 2 is 2.00 bits per heavy atom. The van der Waals surface area contributed by atoms with Gasteiger partial charge in [0, 0.05) is 25.6 Å². The molecule has 0 saturated carbocycles. The van der Waals surface area contributed by atoms with E-state index in [1.807, 2.05) is 0 Å². The first-order valence-corrected chi connectivity index (χ1v) is 6.70. The van der Waals surface area contributed by atoms with Crippen LogP contribution >= 0.6 is 0 Å². The molecule has 0 radical (unpaired) electrons. The Morgan fingerprint density at radius 1 is 1.29 bits per heavy atom. The highest BCUT2D eigenvalue weighted by molar-refractivity contribution is 5.66. The predicted octanol–water partition coefficient (Wildman–Crippen LogP) is 1.95. The van der Waals surface area contributed by atoms with Gasteiger partial charge in [-0.3, -0.25) is 4.79 Å². The Bertz CT molecular complexity index is 198. The molecule has 0 spiro atoms. The number of rotatable bonds is 11. The van der Waals surface area contributed by atoms with Crippen molar-refractivity contribution in [3.63, 3.8) is 0 Å². The molecule has 4 nitrogen and oxygen atoms in total. The molecule has 1 atom stereocenters. The van der Waals surface area contributed by atoms with Crippen molar-refractivity contribution in [3.8, 4) is 0 Å². The number of aliphatic carboxylic acids is 1. The summed E-state index contributed by atoms with van der Waals surface area (Å²) < 4.78 is 0. The number of nitrogens with one attached hydrogen (secondary N) is 1. The van der Waals surface area contributed by atoms with E-state index in [0.29, 0.717) is 12.5 Å². The van der Waals surface area contributed by atoms with Crippen molar-refractivity contribution >= 4 is 5.97 Å². The van der Waals surface area contributed by atoms with Crippen molar-refractivity contribution in [3.05, 3.63) is 0 Å². The van der Waals surface area contributed by atoms with Crippen LogP contribution in [0.2, 0.25) is 0 Å². The van der Waals surface area contributed by atoms with Crippen molar-refractivity contribution in [2.75, 3.05) is 26.7 Å². The summed E-state index contributed by atoms with van der Waals surface area (Å²) in [6.07, 6.45) is 4.35. The third-order valence-corrected chi connectivity index (χ3v) is 3.23. The van der Waals surface area contributed by atoms with E-state index in [1.165, 1.54) is 6.42 Å². The van der Waals surface area contributed by atoms with E-state index in [2.05, 4.69) is 31.1 Å². The molecular weight excluding hydrogens is 216 g/mol. The average molecular weight is 244 g/mol. The number of hydrogen-bond acceptors (Lipinski definition) is 3. The molecule has 0 bridgehead atoms. The fraction of sp³-hybridized carbons (Fsp3) is 0.923.